The van der Waals surface area contributed by atoms with E-state index in [1.807, 2.05) is 18.2 Å². The zero-order chi connectivity index (χ0) is 19.3. The first-order valence-electron chi connectivity index (χ1n) is 8.95. The molecule has 0 saturated heterocycles. The van der Waals surface area contributed by atoms with Crippen molar-refractivity contribution in [1.29, 1.82) is 0 Å². The van der Waals surface area contributed by atoms with E-state index in [1.165, 1.54) is 0 Å². The second kappa shape index (κ2) is 8.08. The van der Waals surface area contributed by atoms with Gasteiger partial charge in [0.15, 0.2) is 29.6 Å². The molecule has 28 heavy (non-hydrogen) atoms. The van der Waals surface area contributed by atoms with Crippen LogP contribution < -0.4 is 24.3 Å². The molecule has 1 N–H and O–H groups in total. The molecule has 2 heterocycles. The molecule has 2 aromatic rings. The zero-order valence-corrected chi connectivity index (χ0v) is 15.4. The summed E-state index contributed by atoms with van der Waals surface area (Å²) in [6.07, 6.45) is 0. The summed E-state index contributed by atoms with van der Waals surface area (Å²) >= 11 is 0. The number of oxime groups is 1. The molecule has 8 heteroatoms. The fourth-order valence-electron chi connectivity index (χ4n) is 2.83. The number of carbonyl (C=O) groups excluding carboxylic acids is 1. The molecule has 2 aromatic carbocycles. The maximum absolute atomic E-state index is 12.1. The highest BCUT2D eigenvalue weighted by Gasteiger charge is 2.14. The lowest BCUT2D eigenvalue weighted by atomic mass is 10.1. The Morgan fingerprint density at radius 3 is 2.25 bits per heavy atom. The maximum atomic E-state index is 12.1. The Labute approximate surface area is 162 Å². The van der Waals surface area contributed by atoms with Crippen molar-refractivity contribution in [1.82, 2.24) is 0 Å². The van der Waals surface area contributed by atoms with Crippen molar-refractivity contribution in [3.05, 3.63) is 42.0 Å². The molecule has 0 spiro atoms. The Morgan fingerprint density at radius 1 is 0.929 bits per heavy atom. The summed E-state index contributed by atoms with van der Waals surface area (Å²) in [7, 11) is 0. The van der Waals surface area contributed by atoms with Crippen LogP contribution in [0.2, 0.25) is 0 Å². The van der Waals surface area contributed by atoms with Gasteiger partial charge < -0.3 is 29.1 Å². The lowest BCUT2D eigenvalue weighted by Crippen LogP contribution is -2.19. The Balaban J connectivity index is 1.32. The predicted octanol–water partition coefficient (Wildman–Crippen LogP) is 2.61. The van der Waals surface area contributed by atoms with Gasteiger partial charge >= 0.3 is 0 Å². The van der Waals surface area contributed by atoms with Gasteiger partial charge in [0.25, 0.3) is 5.91 Å². The molecule has 0 aromatic heterocycles. The number of carbonyl (C=O) groups is 1. The van der Waals surface area contributed by atoms with Crippen molar-refractivity contribution in [3.8, 4) is 23.0 Å². The average Bonchev–Trinajstić information content (AvgIpc) is 2.73. The maximum Gasteiger partial charge on any atom is 0.265 e. The van der Waals surface area contributed by atoms with Crippen LogP contribution in [0.1, 0.15) is 12.5 Å². The van der Waals surface area contributed by atoms with E-state index in [0.717, 1.165) is 5.56 Å². The summed E-state index contributed by atoms with van der Waals surface area (Å²) < 4.78 is 22.0. The predicted molar refractivity (Wildman–Crippen MR) is 102 cm³/mol. The molecule has 0 bridgehead atoms. The summed E-state index contributed by atoms with van der Waals surface area (Å²) in [6, 6.07) is 10.8. The fraction of sp³-hybridized carbons (Fsp3) is 0.300. The van der Waals surface area contributed by atoms with Gasteiger partial charge in [0.05, 0.1) is 5.71 Å². The first-order valence-corrected chi connectivity index (χ1v) is 8.95. The van der Waals surface area contributed by atoms with Gasteiger partial charge in [0.1, 0.15) is 26.4 Å². The SMILES string of the molecule is CC(=NOCC(=O)Nc1ccc2c(c1)OCCO2)c1ccc2c(c1)OCCO2. The van der Waals surface area contributed by atoms with E-state index in [2.05, 4.69) is 10.5 Å². The Bertz CT molecular complexity index is 912. The van der Waals surface area contributed by atoms with Crippen LogP contribution in [0.5, 0.6) is 23.0 Å². The van der Waals surface area contributed by atoms with Crippen LogP contribution in [-0.4, -0.2) is 44.7 Å². The van der Waals surface area contributed by atoms with E-state index in [-0.39, 0.29) is 12.5 Å². The van der Waals surface area contributed by atoms with Gasteiger partial charge in [-0.15, -0.1) is 0 Å². The zero-order valence-electron chi connectivity index (χ0n) is 15.4. The number of amides is 1. The quantitative estimate of drug-likeness (QED) is 0.630. The van der Waals surface area contributed by atoms with Gasteiger partial charge in [-0.3, -0.25) is 4.79 Å². The molecular weight excluding hydrogens is 364 g/mol. The molecular formula is C20H20N2O6. The minimum Gasteiger partial charge on any atom is -0.486 e. The number of benzene rings is 2. The van der Waals surface area contributed by atoms with E-state index in [4.69, 9.17) is 23.8 Å². The van der Waals surface area contributed by atoms with Gasteiger partial charge in [-0.05, 0) is 37.3 Å². The molecule has 2 aliphatic heterocycles. The van der Waals surface area contributed by atoms with Crippen molar-refractivity contribution >= 4 is 17.3 Å². The van der Waals surface area contributed by atoms with Crippen LogP contribution in [0.3, 0.4) is 0 Å². The van der Waals surface area contributed by atoms with Crippen LogP contribution in [0.4, 0.5) is 5.69 Å². The van der Waals surface area contributed by atoms with Crippen molar-refractivity contribution in [3.63, 3.8) is 0 Å². The van der Waals surface area contributed by atoms with Crippen LogP contribution in [0.15, 0.2) is 41.6 Å². The topological polar surface area (TPSA) is 87.6 Å². The molecule has 0 radical (unpaired) electrons. The molecule has 0 fully saturated rings. The highest BCUT2D eigenvalue weighted by Crippen LogP contribution is 2.33. The molecule has 8 nitrogen and oxygen atoms in total. The van der Waals surface area contributed by atoms with E-state index < -0.39 is 0 Å². The molecule has 146 valence electrons. The third kappa shape index (κ3) is 4.11. The van der Waals surface area contributed by atoms with Gasteiger partial charge in [0.2, 0.25) is 0 Å². The van der Waals surface area contributed by atoms with Crippen LogP contribution in [0.25, 0.3) is 0 Å². The number of ether oxygens (including phenoxy) is 4. The Hall–Kier alpha value is -3.42. The largest absolute Gasteiger partial charge is 0.486 e. The molecule has 1 amide bonds. The van der Waals surface area contributed by atoms with Crippen LogP contribution in [-0.2, 0) is 9.63 Å². The summed E-state index contributed by atoms with van der Waals surface area (Å²) in [5, 5.41) is 6.75. The third-order valence-electron chi connectivity index (χ3n) is 4.18. The standard InChI is InChI=1S/C20H20N2O6/c1-13(14-2-4-16-18(10-14)26-8-6-24-16)22-28-12-20(23)21-15-3-5-17-19(11-15)27-9-7-25-17/h2-5,10-11H,6-9,12H2,1H3,(H,21,23). The number of nitrogens with one attached hydrogen (secondary N) is 1. The fourth-order valence-corrected chi connectivity index (χ4v) is 2.83. The monoisotopic (exact) mass is 384 g/mol. The van der Waals surface area contributed by atoms with Crippen molar-refractivity contribution < 1.29 is 28.6 Å². The van der Waals surface area contributed by atoms with Crippen LogP contribution in [0, 0.1) is 0 Å². The molecule has 2 aliphatic rings. The number of hydrogen-bond acceptors (Lipinski definition) is 7. The highest BCUT2D eigenvalue weighted by molar-refractivity contribution is 5.99. The van der Waals surface area contributed by atoms with Gasteiger partial charge in [-0.1, -0.05) is 5.16 Å². The van der Waals surface area contributed by atoms with Crippen molar-refractivity contribution in [2.45, 2.75) is 6.92 Å². The van der Waals surface area contributed by atoms with Gasteiger partial charge in [-0.25, -0.2) is 0 Å². The normalized spacial score (nSPS) is 15.0. The van der Waals surface area contributed by atoms with Gasteiger partial charge in [-0.2, -0.15) is 0 Å². The number of fused-ring (bicyclic) bond motifs is 2. The molecule has 0 saturated carbocycles. The summed E-state index contributed by atoms with van der Waals surface area (Å²) in [5.74, 6) is 2.34. The number of rotatable bonds is 5. The number of anilines is 1. The van der Waals surface area contributed by atoms with Crippen LogP contribution >= 0.6 is 0 Å². The lowest BCUT2D eigenvalue weighted by Gasteiger charge is -2.19. The Morgan fingerprint density at radius 2 is 1.54 bits per heavy atom. The summed E-state index contributed by atoms with van der Waals surface area (Å²) in [5.41, 5.74) is 2.06. The Kier molecular flexibility index (Phi) is 5.18. The second-order valence-corrected chi connectivity index (χ2v) is 6.22. The summed E-state index contributed by atoms with van der Waals surface area (Å²) in [4.78, 5) is 17.3. The number of nitrogens with zero attached hydrogens (tertiary/aromatic N) is 1. The smallest absolute Gasteiger partial charge is 0.265 e. The second-order valence-electron chi connectivity index (χ2n) is 6.22. The summed E-state index contributed by atoms with van der Waals surface area (Å²) in [6.45, 7) is 3.65. The van der Waals surface area contributed by atoms with E-state index in [0.29, 0.717) is 60.8 Å². The van der Waals surface area contributed by atoms with E-state index in [1.54, 1.807) is 25.1 Å². The molecule has 0 unspecified atom stereocenters. The number of hydrogen-bond donors (Lipinski definition) is 1. The molecule has 0 aliphatic carbocycles. The molecule has 0 atom stereocenters. The minimum absolute atomic E-state index is 0.212. The van der Waals surface area contributed by atoms with Crippen molar-refractivity contribution in [2.24, 2.45) is 5.16 Å². The average molecular weight is 384 g/mol. The van der Waals surface area contributed by atoms with E-state index in [9.17, 15) is 4.79 Å². The first kappa shape index (κ1) is 18.0. The first-order chi connectivity index (χ1) is 13.7. The van der Waals surface area contributed by atoms with Gasteiger partial charge in [0, 0.05) is 17.3 Å². The molecule has 4 rings (SSSR count). The lowest BCUT2D eigenvalue weighted by molar-refractivity contribution is -0.120. The minimum atomic E-state index is -0.324. The third-order valence-corrected chi connectivity index (χ3v) is 4.18. The highest BCUT2D eigenvalue weighted by atomic mass is 16.6. The van der Waals surface area contributed by atoms with E-state index >= 15 is 0 Å². The van der Waals surface area contributed by atoms with Crippen molar-refractivity contribution in [2.75, 3.05) is 38.4 Å².